The highest BCUT2D eigenvalue weighted by Gasteiger charge is 2.38. The predicted octanol–water partition coefficient (Wildman–Crippen LogP) is 1.45. The Bertz CT molecular complexity index is 896. The second-order valence-electron chi connectivity index (χ2n) is 4.39. The van der Waals surface area contributed by atoms with E-state index in [1.54, 1.807) is 4.72 Å². The van der Waals surface area contributed by atoms with Gasteiger partial charge in [-0.1, -0.05) is 23.2 Å². The van der Waals surface area contributed by atoms with E-state index in [0.717, 1.165) is 0 Å². The van der Waals surface area contributed by atoms with Gasteiger partial charge in [0, 0.05) is 11.1 Å². The summed E-state index contributed by atoms with van der Waals surface area (Å²) in [5.74, 6) is -1.53. The monoisotopic (exact) mass is 359 g/mol. The number of amides is 1. The lowest BCUT2D eigenvalue weighted by Gasteiger charge is -2.04. The first kappa shape index (κ1) is 17.5. The molecule has 2 aromatic rings. The second-order valence-corrected chi connectivity index (χ2v) is 6.11. The van der Waals surface area contributed by atoms with E-state index in [4.69, 9.17) is 6.42 Å². The second kappa shape index (κ2) is 6.32. The molecule has 0 unspecified atom stereocenters. The molecular formula is C13H8F3N3O4S. The van der Waals surface area contributed by atoms with Crippen molar-refractivity contribution < 1.29 is 30.9 Å². The number of carbonyl (C=O) groups is 1. The average Bonchev–Trinajstić information content (AvgIpc) is 2.96. The number of halogens is 3. The molecule has 24 heavy (non-hydrogen) atoms. The Hall–Kier alpha value is -2.87. The zero-order valence-electron chi connectivity index (χ0n) is 11.7. The van der Waals surface area contributed by atoms with Crippen LogP contribution in [0.1, 0.15) is 16.2 Å². The van der Waals surface area contributed by atoms with Crippen LogP contribution in [-0.4, -0.2) is 30.2 Å². The van der Waals surface area contributed by atoms with Gasteiger partial charge in [-0.3, -0.25) is 4.79 Å². The number of carbonyl (C=O) groups excluding carboxylic acids is 1. The van der Waals surface area contributed by atoms with Crippen LogP contribution in [0.2, 0.25) is 0 Å². The number of rotatable bonds is 4. The number of aromatic nitrogens is 2. The van der Waals surface area contributed by atoms with Crippen molar-refractivity contribution in [3.8, 4) is 23.7 Å². The lowest BCUT2D eigenvalue weighted by Crippen LogP contribution is -2.32. The van der Waals surface area contributed by atoms with E-state index in [2.05, 4.69) is 14.7 Å². The average molecular weight is 359 g/mol. The molecule has 0 spiro atoms. The van der Waals surface area contributed by atoms with Crippen molar-refractivity contribution in [1.29, 1.82) is 0 Å². The molecule has 0 bridgehead atoms. The van der Waals surface area contributed by atoms with E-state index >= 15 is 0 Å². The van der Waals surface area contributed by atoms with E-state index in [1.165, 1.54) is 24.3 Å². The van der Waals surface area contributed by atoms with Crippen molar-refractivity contribution in [3.05, 3.63) is 35.7 Å². The van der Waals surface area contributed by atoms with E-state index < -0.39 is 33.8 Å². The first-order chi connectivity index (χ1) is 11.1. The summed E-state index contributed by atoms with van der Waals surface area (Å²) in [4.78, 5) is 14.9. The fraction of sp³-hybridized carbons (Fsp3) is 0.154. The maximum atomic E-state index is 12.4. The van der Waals surface area contributed by atoms with Gasteiger partial charge in [-0.25, -0.2) is 13.1 Å². The summed E-state index contributed by atoms with van der Waals surface area (Å²) in [6, 6.07) is 4.88. The molecule has 1 aromatic heterocycles. The summed E-state index contributed by atoms with van der Waals surface area (Å²) in [5.41, 5.74) is 0.108. The maximum absolute atomic E-state index is 12.4. The molecule has 0 aliphatic heterocycles. The van der Waals surface area contributed by atoms with Crippen molar-refractivity contribution in [1.82, 2.24) is 14.9 Å². The molecule has 1 heterocycles. The minimum atomic E-state index is -4.77. The Morgan fingerprint density at radius 2 is 1.92 bits per heavy atom. The summed E-state index contributed by atoms with van der Waals surface area (Å²) in [7, 11) is -3.95. The minimum absolute atomic E-state index is 0.0427. The fourth-order valence-corrected chi connectivity index (χ4v) is 2.26. The predicted molar refractivity (Wildman–Crippen MR) is 74.8 cm³/mol. The SMILES string of the molecule is C#CCS(=O)(=O)NC(=O)c1ccc(-c2noc(C(F)(F)F)n2)cc1. The van der Waals surface area contributed by atoms with Crippen molar-refractivity contribution >= 4 is 15.9 Å². The lowest BCUT2D eigenvalue weighted by atomic mass is 10.1. The van der Waals surface area contributed by atoms with Gasteiger partial charge in [0.25, 0.3) is 5.91 Å². The Morgan fingerprint density at radius 3 is 2.42 bits per heavy atom. The Balaban J connectivity index is 2.18. The molecule has 2 rings (SSSR count). The molecule has 0 radical (unpaired) electrons. The Labute approximate surface area is 133 Å². The van der Waals surface area contributed by atoms with Crippen LogP contribution in [-0.2, 0) is 16.2 Å². The molecule has 11 heteroatoms. The van der Waals surface area contributed by atoms with E-state index in [1.807, 2.05) is 5.92 Å². The molecule has 0 saturated carbocycles. The zero-order valence-corrected chi connectivity index (χ0v) is 12.5. The summed E-state index contributed by atoms with van der Waals surface area (Å²) in [5, 5.41) is 3.19. The molecular weight excluding hydrogens is 351 g/mol. The smallest absolute Gasteiger partial charge is 0.329 e. The number of benzene rings is 1. The molecule has 126 valence electrons. The molecule has 0 fully saturated rings. The van der Waals surface area contributed by atoms with Gasteiger partial charge in [0.2, 0.25) is 15.8 Å². The fourth-order valence-electron chi connectivity index (χ4n) is 1.57. The van der Waals surface area contributed by atoms with Gasteiger partial charge in [0.15, 0.2) is 0 Å². The number of hydrogen-bond donors (Lipinski definition) is 1. The van der Waals surface area contributed by atoms with Gasteiger partial charge in [0.1, 0.15) is 5.75 Å². The van der Waals surface area contributed by atoms with E-state index in [0.29, 0.717) is 0 Å². The molecule has 0 saturated heterocycles. The highest BCUT2D eigenvalue weighted by atomic mass is 32.2. The van der Waals surface area contributed by atoms with Gasteiger partial charge in [-0.2, -0.15) is 18.2 Å². The molecule has 1 N–H and O–H groups in total. The van der Waals surface area contributed by atoms with Crippen LogP contribution in [0.5, 0.6) is 0 Å². The van der Waals surface area contributed by atoms with Crippen LogP contribution in [0.25, 0.3) is 11.4 Å². The van der Waals surface area contributed by atoms with Crippen LogP contribution in [0.3, 0.4) is 0 Å². The zero-order chi connectivity index (χ0) is 18.0. The highest BCUT2D eigenvalue weighted by molar-refractivity contribution is 7.90. The maximum Gasteiger partial charge on any atom is 0.471 e. The highest BCUT2D eigenvalue weighted by Crippen LogP contribution is 2.29. The van der Waals surface area contributed by atoms with Crippen LogP contribution >= 0.6 is 0 Å². The van der Waals surface area contributed by atoms with Gasteiger partial charge in [-0.15, -0.1) is 6.42 Å². The summed E-state index contributed by atoms with van der Waals surface area (Å²) >= 11 is 0. The number of alkyl halides is 3. The van der Waals surface area contributed by atoms with Gasteiger partial charge in [-0.05, 0) is 12.1 Å². The third-order valence-corrected chi connectivity index (χ3v) is 3.64. The Morgan fingerprint density at radius 1 is 1.29 bits per heavy atom. The van der Waals surface area contributed by atoms with Gasteiger partial charge in [0.05, 0.1) is 0 Å². The molecule has 0 atom stereocenters. The molecule has 7 nitrogen and oxygen atoms in total. The van der Waals surface area contributed by atoms with Crippen LogP contribution in [0.4, 0.5) is 13.2 Å². The summed E-state index contributed by atoms with van der Waals surface area (Å²) < 4.78 is 65.8. The minimum Gasteiger partial charge on any atom is -0.329 e. The van der Waals surface area contributed by atoms with Crippen LogP contribution < -0.4 is 4.72 Å². The van der Waals surface area contributed by atoms with E-state index in [9.17, 15) is 26.4 Å². The quantitative estimate of drug-likeness (QED) is 0.829. The molecule has 1 aromatic carbocycles. The third kappa shape index (κ3) is 4.11. The first-order valence-electron chi connectivity index (χ1n) is 6.12. The number of sulfonamides is 1. The molecule has 0 aliphatic rings. The van der Waals surface area contributed by atoms with Crippen molar-refractivity contribution in [2.75, 3.05) is 5.75 Å². The van der Waals surface area contributed by atoms with Gasteiger partial charge >= 0.3 is 12.1 Å². The van der Waals surface area contributed by atoms with Crippen molar-refractivity contribution in [2.45, 2.75) is 6.18 Å². The third-order valence-electron chi connectivity index (χ3n) is 2.60. The van der Waals surface area contributed by atoms with E-state index in [-0.39, 0.29) is 17.0 Å². The Kier molecular flexibility index (Phi) is 4.61. The summed E-state index contributed by atoms with van der Waals surface area (Å²) in [6.45, 7) is 0. The van der Waals surface area contributed by atoms with Gasteiger partial charge < -0.3 is 4.52 Å². The first-order valence-corrected chi connectivity index (χ1v) is 7.77. The standard InChI is InChI=1S/C13H8F3N3O4S/c1-2-7-24(21,22)19-11(20)9-5-3-8(4-6-9)10-17-12(23-18-10)13(14,15)16/h1,3-6H,7H2,(H,19,20). The molecule has 1 amide bonds. The van der Waals surface area contributed by atoms with Crippen LogP contribution in [0, 0.1) is 12.3 Å². The number of hydrogen-bond acceptors (Lipinski definition) is 6. The van der Waals surface area contributed by atoms with Crippen molar-refractivity contribution in [2.24, 2.45) is 0 Å². The lowest BCUT2D eigenvalue weighted by molar-refractivity contribution is -0.159. The number of nitrogens with zero attached hydrogens (tertiary/aromatic N) is 2. The normalized spacial score (nSPS) is 11.8. The summed E-state index contributed by atoms with van der Waals surface area (Å²) in [6.07, 6.45) is 0.0951. The van der Waals surface area contributed by atoms with Crippen LogP contribution in [0.15, 0.2) is 28.8 Å². The molecule has 0 aliphatic carbocycles. The topological polar surface area (TPSA) is 102 Å². The van der Waals surface area contributed by atoms with Crippen molar-refractivity contribution in [3.63, 3.8) is 0 Å². The largest absolute Gasteiger partial charge is 0.471 e. The number of nitrogens with one attached hydrogen (secondary N) is 1. The number of terminal acetylenes is 1.